The summed E-state index contributed by atoms with van der Waals surface area (Å²) in [6.07, 6.45) is 1.73. The molecule has 1 fully saturated rings. The first-order chi connectivity index (χ1) is 13.2. The normalized spacial score (nSPS) is 14.9. The molecule has 1 aromatic carbocycles. The number of furan rings is 1. The van der Waals surface area contributed by atoms with Crippen molar-refractivity contribution < 1.29 is 9.15 Å². The lowest BCUT2D eigenvalue weighted by molar-refractivity contribution is 0.122. The van der Waals surface area contributed by atoms with Gasteiger partial charge in [-0.05, 0) is 30.7 Å². The van der Waals surface area contributed by atoms with Crippen LogP contribution in [0.4, 0.5) is 11.6 Å². The molecule has 4 heterocycles. The van der Waals surface area contributed by atoms with E-state index in [4.69, 9.17) is 24.9 Å². The zero-order valence-corrected chi connectivity index (χ0v) is 15.0. The molecule has 27 heavy (non-hydrogen) atoms. The molecule has 0 radical (unpaired) electrons. The van der Waals surface area contributed by atoms with E-state index in [9.17, 15) is 0 Å². The Morgan fingerprint density at radius 2 is 1.93 bits per heavy atom. The van der Waals surface area contributed by atoms with Crippen LogP contribution in [0, 0.1) is 6.92 Å². The van der Waals surface area contributed by atoms with E-state index >= 15 is 0 Å². The Hall–Kier alpha value is -3.19. The van der Waals surface area contributed by atoms with E-state index in [1.807, 2.05) is 37.3 Å². The number of para-hydroxylation sites is 1. The molecule has 0 spiro atoms. The van der Waals surface area contributed by atoms with E-state index in [0.717, 1.165) is 46.5 Å². The maximum absolute atomic E-state index is 6.13. The second-order valence-corrected chi connectivity index (χ2v) is 6.67. The van der Waals surface area contributed by atoms with Crippen LogP contribution in [0.25, 0.3) is 33.5 Å². The Balaban J connectivity index is 1.80. The maximum Gasteiger partial charge on any atom is 0.196 e. The molecule has 0 atom stereocenters. The summed E-state index contributed by atoms with van der Waals surface area (Å²) < 4.78 is 11.6. The molecular weight excluding hydrogens is 342 g/mol. The molecule has 1 saturated heterocycles. The van der Waals surface area contributed by atoms with Crippen molar-refractivity contribution in [3.8, 4) is 11.4 Å². The fraction of sp³-hybridized carbons (Fsp3) is 0.250. The van der Waals surface area contributed by atoms with Crippen molar-refractivity contribution in [2.75, 3.05) is 36.9 Å². The molecule has 0 unspecified atom stereocenters. The molecule has 5 rings (SSSR count). The number of anilines is 2. The van der Waals surface area contributed by atoms with E-state index in [0.29, 0.717) is 30.4 Å². The summed E-state index contributed by atoms with van der Waals surface area (Å²) in [6.45, 7) is 4.86. The van der Waals surface area contributed by atoms with Crippen molar-refractivity contribution in [3.05, 3.63) is 42.1 Å². The first-order valence-corrected chi connectivity index (χ1v) is 8.95. The summed E-state index contributed by atoms with van der Waals surface area (Å²) in [4.78, 5) is 16.1. The number of hydrogen-bond donors (Lipinski definition) is 1. The third-order valence-corrected chi connectivity index (χ3v) is 4.89. The van der Waals surface area contributed by atoms with E-state index < -0.39 is 0 Å². The van der Waals surface area contributed by atoms with Gasteiger partial charge in [0.05, 0.1) is 13.2 Å². The number of pyridine rings is 1. The van der Waals surface area contributed by atoms with Gasteiger partial charge >= 0.3 is 0 Å². The van der Waals surface area contributed by atoms with Gasteiger partial charge in [-0.15, -0.1) is 0 Å². The number of rotatable bonds is 2. The lowest BCUT2D eigenvalue weighted by Crippen LogP contribution is -2.37. The molecule has 3 aromatic heterocycles. The molecule has 7 nitrogen and oxygen atoms in total. The van der Waals surface area contributed by atoms with Crippen LogP contribution in [0.15, 0.2) is 40.9 Å². The fourth-order valence-electron chi connectivity index (χ4n) is 3.50. The average Bonchev–Trinajstić information content (AvgIpc) is 3.07. The van der Waals surface area contributed by atoms with E-state index in [1.54, 1.807) is 6.20 Å². The van der Waals surface area contributed by atoms with Crippen LogP contribution in [-0.2, 0) is 4.74 Å². The molecule has 136 valence electrons. The van der Waals surface area contributed by atoms with Crippen LogP contribution in [0.1, 0.15) is 5.56 Å². The number of aryl methyl sites for hydroxylation is 1. The highest BCUT2D eigenvalue weighted by molar-refractivity contribution is 6.06. The second kappa shape index (κ2) is 6.21. The average molecular weight is 361 g/mol. The van der Waals surface area contributed by atoms with Gasteiger partial charge in [-0.1, -0.05) is 12.1 Å². The summed E-state index contributed by atoms with van der Waals surface area (Å²) in [5.41, 5.74) is 10.00. The van der Waals surface area contributed by atoms with Crippen molar-refractivity contribution in [1.82, 2.24) is 15.0 Å². The van der Waals surface area contributed by atoms with Crippen molar-refractivity contribution in [3.63, 3.8) is 0 Å². The topological polar surface area (TPSA) is 90.3 Å². The van der Waals surface area contributed by atoms with Crippen molar-refractivity contribution in [1.29, 1.82) is 0 Å². The molecule has 1 aliphatic heterocycles. The summed E-state index contributed by atoms with van der Waals surface area (Å²) >= 11 is 0. The van der Waals surface area contributed by atoms with Gasteiger partial charge in [0.25, 0.3) is 0 Å². The monoisotopic (exact) mass is 361 g/mol. The first-order valence-electron chi connectivity index (χ1n) is 8.95. The largest absolute Gasteiger partial charge is 0.450 e. The zero-order chi connectivity index (χ0) is 18.4. The van der Waals surface area contributed by atoms with Crippen LogP contribution in [-0.4, -0.2) is 41.3 Å². The molecule has 0 bridgehead atoms. The number of nitrogens with two attached hydrogens (primary N) is 1. The van der Waals surface area contributed by atoms with E-state index in [2.05, 4.69) is 9.88 Å². The Labute approximate surface area is 155 Å². The summed E-state index contributed by atoms with van der Waals surface area (Å²) in [7, 11) is 0. The van der Waals surface area contributed by atoms with Gasteiger partial charge < -0.3 is 19.8 Å². The van der Waals surface area contributed by atoms with Crippen molar-refractivity contribution in [2.45, 2.75) is 6.92 Å². The minimum Gasteiger partial charge on any atom is -0.450 e. The number of aromatic nitrogens is 3. The standard InChI is InChI=1S/C20H19N5O2/c1-12-10-16(21)22-11-14(12)19-23-17-13-4-2-3-5-15(13)27-18(17)20(24-19)25-6-8-26-9-7-25/h2-5,10-11H,6-9H2,1H3,(H2,21,22). The third kappa shape index (κ3) is 2.67. The van der Waals surface area contributed by atoms with Crippen molar-refractivity contribution >= 4 is 33.7 Å². The fourth-order valence-corrected chi connectivity index (χ4v) is 3.50. The van der Waals surface area contributed by atoms with Crippen molar-refractivity contribution in [2.24, 2.45) is 0 Å². The quantitative estimate of drug-likeness (QED) is 0.586. The molecule has 0 saturated carbocycles. The Bertz CT molecular complexity index is 1150. The number of ether oxygens (including phenoxy) is 1. The summed E-state index contributed by atoms with van der Waals surface area (Å²) in [6, 6.07) is 9.76. The SMILES string of the molecule is Cc1cc(N)ncc1-c1nc(N2CCOCC2)c2oc3ccccc3c2n1. The van der Waals surface area contributed by atoms with Gasteiger partial charge in [-0.25, -0.2) is 15.0 Å². The molecule has 0 aliphatic carbocycles. The Kier molecular flexibility index (Phi) is 3.68. The number of benzene rings is 1. The Morgan fingerprint density at radius 1 is 1.11 bits per heavy atom. The second-order valence-electron chi connectivity index (χ2n) is 6.67. The van der Waals surface area contributed by atoms with Crippen LogP contribution < -0.4 is 10.6 Å². The molecule has 4 aromatic rings. The molecule has 7 heteroatoms. The van der Waals surface area contributed by atoms with E-state index in [1.165, 1.54) is 0 Å². The highest BCUT2D eigenvalue weighted by Crippen LogP contribution is 2.35. The number of hydrogen-bond acceptors (Lipinski definition) is 7. The lowest BCUT2D eigenvalue weighted by atomic mass is 10.1. The minimum atomic E-state index is 0.486. The van der Waals surface area contributed by atoms with Crippen LogP contribution >= 0.6 is 0 Å². The number of fused-ring (bicyclic) bond motifs is 3. The molecule has 1 aliphatic rings. The summed E-state index contributed by atoms with van der Waals surface area (Å²) in [5.74, 6) is 1.91. The predicted molar refractivity (Wildman–Crippen MR) is 105 cm³/mol. The molecule has 0 amide bonds. The van der Waals surface area contributed by atoms with E-state index in [-0.39, 0.29) is 0 Å². The first kappa shape index (κ1) is 16.0. The Morgan fingerprint density at radius 3 is 2.74 bits per heavy atom. The van der Waals surface area contributed by atoms with Gasteiger partial charge in [-0.3, -0.25) is 0 Å². The lowest BCUT2D eigenvalue weighted by Gasteiger charge is -2.27. The smallest absolute Gasteiger partial charge is 0.196 e. The zero-order valence-electron chi connectivity index (χ0n) is 15.0. The third-order valence-electron chi connectivity index (χ3n) is 4.89. The highest BCUT2D eigenvalue weighted by atomic mass is 16.5. The van der Waals surface area contributed by atoms with Gasteiger partial charge in [0.1, 0.15) is 16.9 Å². The number of nitrogens with zero attached hydrogens (tertiary/aromatic N) is 4. The minimum absolute atomic E-state index is 0.486. The predicted octanol–water partition coefficient (Wildman–Crippen LogP) is 3.17. The van der Waals surface area contributed by atoms with Gasteiger partial charge in [-0.2, -0.15) is 0 Å². The van der Waals surface area contributed by atoms with Crippen LogP contribution in [0.3, 0.4) is 0 Å². The van der Waals surface area contributed by atoms with Crippen LogP contribution in [0.5, 0.6) is 0 Å². The van der Waals surface area contributed by atoms with Gasteiger partial charge in [0.15, 0.2) is 17.2 Å². The molecular formula is C20H19N5O2. The highest BCUT2D eigenvalue weighted by Gasteiger charge is 2.22. The maximum atomic E-state index is 6.13. The molecule has 2 N–H and O–H groups in total. The van der Waals surface area contributed by atoms with Gasteiger partial charge in [0, 0.05) is 30.2 Å². The number of morpholine rings is 1. The van der Waals surface area contributed by atoms with Crippen LogP contribution in [0.2, 0.25) is 0 Å². The van der Waals surface area contributed by atoms with Gasteiger partial charge in [0.2, 0.25) is 0 Å². The summed E-state index contributed by atoms with van der Waals surface area (Å²) in [5, 5.41) is 0.978. The number of nitrogen functional groups attached to an aromatic ring is 1.